The second kappa shape index (κ2) is 5.58. The Kier molecular flexibility index (Phi) is 4.38. The van der Waals surface area contributed by atoms with E-state index in [1.807, 2.05) is 0 Å². The van der Waals surface area contributed by atoms with Gasteiger partial charge in [-0.1, -0.05) is 0 Å². The summed E-state index contributed by atoms with van der Waals surface area (Å²) in [7, 11) is 1.28. The molecule has 0 aromatic carbocycles. The van der Waals surface area contributed by atoms with Crippen molar-refractivity contribution in [3.05, 3.63) is 32.4 Å². The number of aromatic nitrogens is 2. The number of allylic oxidation sites excluding steroid dienone is 1. The summed E-state index contributed by atoms with van der Waals surface area (Å²) in [6.45, 7) is 1.99. The summed E-state index contributed by atoms with van der Waals surface area (Å²) in [5, 5.41) is 14.3. The lowest BCUT2D eigenvalue weighted by atomic mass is 10.3. The van der Waals surface area contributed by atoms with Gasteiger partial charge in [-0.05, 0) is 33.4 Å². The van der Waals surface area contributed by atoms with Crippen LogP contribution < -0.4 is 0 Å². The number of halogens is 1. The number of nitrogens with zero attached hydrogens (tertiary/aromatic N) is 3. The van der Waals surface area contributed by atoms with Gasteiger partial charge < -0.3 is 14.9 Å². The zero-order valence-electron chi connectivity index (χ0n) is 9.21. The van der Waals surface area contributed by atoms with Crippen LogP contribution in [-0.2, 0) is 16.1 Å². The molecule has 0 bridgehead atoms. The number of carbonyl (C=O) groups is 1. The lowest BCUT2D eigenvalue weighted by Crippen LogP contribution is -2.03. The minimum absolute atomic E-state index is 0.254. The Balaban J connectivity index is 2.82. The fourth-order valence-electron chi connectivity index (χ4n) is 1.15. The molecule has 0 N–H and O–H groups in total. The van der Waals surface area contributed by atoms with Gasteiger partial charge in [0.05, 0.1) is 25.0 Å². The molecular formula is C9H10BrN3O4. The summed E-state index contributed by atoms with van der Waals surface area (Å²) >= 11 is 3.04. The maximum atomic E-state index is 10.9. The van der Waals surface area contributed by atoms with Crippen LogP contribution in [0.2, 0.25) is 0 Å². The number of ether oxygens (including phenoxy) is 1. The molecule has 0 spiro atoms. The van der Waals surface area contributed by atoms with Gasteiger partial charge in [0.1, 0.15) is 4.47 Å². The molecule has 0 unspecified atom stereocenters. The van der Waals surface area contributed by atoms with Crippen molar-refractivity contribution < 1.29 is 14.5 Å². The average Bonchev–Trinajstić information content (AvgIpc) is 2.59. The summed E-state index contributed by atoms with van der Waals surface area (Å²) in [4.78, 5) is 20.9. The summed E-state index contributed by atoms with van der Waals surface area (Å²) < 4.78 is 6.13. The average molecular weight is 304 g/mol. The number of nitro groups is 1. The topological polar surface area (TPSA) is 87.3 Å². The van der Waals surface area contributed by atoms with Gasteiger partial charge in [-0.3, -0.25) is 0 Å². The Labute approximate surface area is 105 Å². The Morgan fingerprint density at radius 1 is 1.76 bits per heavy atom. The number of esters is 1. The summed E-state index contributed by atoms with van der Waals surface area (Å²) in [5.41, 5.74) is 0.682. The molecular weight excluding hydrogens is 294 g/mol. The monoisotopic (exact) mass is 303 g/mol. The summed E-state index contributed by atoms with van der Waals surface area (Å²) in [6, 6.07) is 0. The number of rotatable bonds is 4. The summed E-state index contributed by atoms with van der Waals surface area (Å²) in [6.07, 6.45) is 2.79. The maximum absolute atomic E-state index is 10.9. The normalized spacial score (nSPS) is 11.4. The second-order valence-corrected chi connectivity index (χ2v) is 4.12. The van der Waals surface area contributed by atoms with Crippen molar-refractivity contribution >= 4 is 27.7 Å². The lowest BCUT2D eigenvalue weighted by Gasteiger charge is -1.97. The van der Waals surface area contributed by atoms with Gasteiger partial charge in [0.15, 0.2) is 0 Å². The smallest absolute Gasteiger partial charge is 0.404 e. The molecule has 8 heteroatoms. The van der Waals surface area contributed by atoms with Crippen molar-refractivity contribution in [1.82, 2.24) is 9.78 Å². The van der Waals surface area contributed by atoms with Gasteiger partial charge in [-0.2, -0.15) is 4.68 Å². The van der Waals surface area contributed by atoms with Gasteiger partial charge in [-0.15, -0.1) is 0 Å². The number of hydrogen-bond donors (Lipinski definition) is 0. The van der Waals surface area contributed by atoms with Crippen LogP contribution in [0.25, 0.3) is 0 Å². The SMILES string of the molecule is COC(=O)/C=C(\C)Cn1cc(Br)c([N+](=O)[O-])n1. The first-order valence-corrected chi connectivity index (χ1v) is 5.35. The van der Waals surface area contributed by atoms with E-state index in [1.54, 1.807) is 6.92 Å². The van der Waals surface area contributed by atoms with E-state index in [4.69, 9.17) is 0 Å². The van der Waals surface area contributed by atoms with E-state index < -0.39 is 10.9 Å². The van der Waals surface area contributed by atoms with E-state index in [1.165, 1.54) is 24.1 Å². The molecule has 17 heavy (non-hydrogen) atoms. The van der Waals surface area contributed by atoms with Crippen molar-refractivity contribution in [2.45, 2.75) is 13.5 Å². The molecule has 1 aromatic rings. The molecule has 0 amide bonds. The molecule has 0 saturated heterocycles. The van der Waals surface area contributed by atoms with Crippen LogP contribution in [0.4, 0.5) is 5.82 Å². The quantitative estimate of drug-likeness (QED) is 0.365. The molecule has 1 aromatic heterocycles. The zero-order valence-corrected chi connectivity index (χ0v) is 10.8. The van der Waals surface area contributed by atoms with E-state index in [2.05, 4.69) is 25.8 Å². The highest BCUT2D eigenvalue weighted by atomic mass is 79.9. The molecule has 7 nitrogen and oxygen atoms in total. The van der Waals surface area contributed by atoms with Crippen LogP contribution in [0.15, 0.2) is 22.3 Å². The van der Waals surface area contributed by atoms with E-state index in [9.17, 15) is 14.9 Å². The Morgan fingerprint density at radius 2 is 2.41 bits per heavy atom. The molecule has 0 fully saturated rings. The fourth-order valence-corrected chi connectivity index (χ4v) is 1.61. The van der Waals surface area contributed by atoms with Gasteiger partial charge in [0, 0.05) is 6.08 Å². The molecule has 0 atom stereocenters. The van der Waals surface area contributed by atoms with Crippen LogP contribution >= 0.6 is 15.9 Å². The predicted molar refractivity (Wildman–Crippen MR) is 62.4 cm³/mol. The van der Waals surface area contributed by atoms with Gasteiger partial charge in [0.25, 0.3) is 0 Å². The van der Waals surface area contributed by atoms with Crippen LogP contribution in [0.5, 0.6) is 0 Å². The molecule has 0 radical (unpaired) electrons. The largest absolute Gasteiger partial charge is 0.466 e. The first-order valence-electron chi connectivity index (χ1n) is 4.56. The van der Waals surface area contributed by atoms with Crippen molar-refractivity contribution in [2.24, 2.45) is 0 Å². The van der Waals surface area contributed by atoms with E-state index in [0.29, 0.717) is 10.0 Å². The van der Waals surface area contributed by atoms with Gasteiger partial charge >= 0.3 is 11.8 Å². The van der Waals surface area contributed by atoms with Crippen molar-refractivity contribution in [1.29, 1.82) is 0 Å². The highest BCUT2D eigenvalue weighted by Gasteiger charge is 2.18. The third-order valence-electron chi connectivity index (χ3n) is 1.85. The van der Waals surface area contributed by atoms with Crippen LogP contribution in [0.1, 0.15) is 6.92 Å². The van der Waals surface area contributed by atoms with Crippen LogP contribution in [-0.4, -0.2) is 27.8 Å². The van der Waals surface area contributed by atoms with Gasteiger partial charge in [-0.25, -0.2) is 4.79 Å². The first-order chi connectivity index (χ1) is 7.93. The van der Waals surface area contributed by atoms with E-state index in [0.717, 1.165) is 0 Å². The molecule has 0 aliphatic rings. The minimum Gasteiger partial charge on any atom is -0.466 e. The third-order valence-corrected chi connectivity index (χ3v) is 2.41. The lowest BCUT2D eigenvalue weighted by molar-refractivity contribution is -0.390. The van der Waals surface area contributed by atoms with E-state index in [-0.39, 0.29) is 12.4 Å². The maximum Gasteiger partial charge on any atom is 0.404 e. The Hall–Kier alpha value is -1.70. The zero-order chi connectivity index (χ0) is 13.0. The molecule has 0 saturated carbocycles. The summed E-state index contributed by atoms with van der Waals surface area (Å²) in [5.74, 6) is -0.723. The third kappa shape index (κ3) is 3.66. The fraction of sp³-hybridized carbons (Fsp3) is 0.333. The molecule has 1 rings (SSSR count). The van der Waals surface area contributed by atoms with Crippen LogP contribution in [0, 0.1) is 10.1 Å². The highest BCUT2D eigenvalue weighted by molar-refractivity contribution is 9.10. The second-order valence-electron chi connectivity index (χ2n) is 3.27. The predicted octanol–water partition coefficient (Wildman–Crippen LogP) is 1.67. The molecule has 1 heterocycles. The molecule has 0 aliphatic carbocycles. The standard InChI is InChI=1S/C9H10BrN3O4/c1-6(3-8(14)17-2)4-12-5-7(10)9(11-12)13(15)16/h3,5H,4H2,1-2H3/b6-3+. The molecule has 0 aliphatic heterocycles. The van der Waals surface area contributed by atoms with Crippen molar-refractivity contribution in [3.8, 4) is 0 Å². The first kappa shape index (κ1) is 13.4. The van der Waals surface area contributed by atoms with E-state index >= 15 is 0 Å². The van der Waals surface area contributed by atoms with Crippen molar-refractivity contribution in [3.63, 3.8) is 0 Å². The minimum atomic E-state index is -0.583. The van der Waals surface area contributed by atoms with Gasteiger partial charge in [0.2, 0.25) is 0 Å². The molecule has 92 valence electrons. The van der Waals surface area contributed by atoms with Crippen LogP contribution in [0.3, 0.4) is 0 Å². The number of methoxy groups -OCH3 is 1. The highest BCUT2D eigenvalue weighted by Crippen LogP contribution is 2.22. The Morgan fingerprint density at radius 3 is 2.88 bits per heavy atom. The number of hydrogen-bond acceptors (Lipinski definition) is 5. The Bertz CT molecular complexity index is 481. The number of carbonyl (C=O) groups excluding carboxylic acids is 1. The van der Waals surface area contributed by atoms with Crippen molar-refractivity contribution in [2.75, 3.05) is 7.11 Å².